The Labute approximate surface area is 194 Å². The molecule has 0 aliphatic carbocycles. The van der Waals surface area contributed by atoms with Gasteiger partial charge in [0, 0.05) is 9.35 Å². The van der Waals surface area contributed by atoms with Gasteiger partial charge in [0.05, 0.1) is 17.7 Å². The molecule has 4 N–H and O–H groups in total. The molecule has 0 radical (unpaired) electrons. The maximum atomic E-state index is 12.8. The summed E-state index contributed by atoms with van der Waals surface area (Å²) in [7, 11) is 0. The minimum absolute atomic E-state index is 0.0829. The summed E-state index contributed by atoms with van der Waals surface area (Å²) in [6, 6.07) is 5.25. The van der Waals surface area contributed by atoms with Crippen molar-refractivity contribution in [1.82, 2.24) is 5.32 Å². The number of aryl methyl sites for hydroxylation is 1. The first kappa shape index (κ1) is 24.3. The number of thiocarbonyl (C=S) groups is 1. The molecule has 0 fully saturated rings. The lowest BCUT2D eigenvalue weighted by Gasteiger charge is -2.14. The Bertz CT molecular complexity index is 957. The van der Waals surface area contributed by atoms with Crippen molar-refractivity contribution in [3.63, 3.8) is 0 Å². The van der Waals surface area contributed by atoms with Gasteiger partial charge in [-0.05, 0) is 61.7 Å². The topological polar surface area (TPSA) is 93.4 Å². The number of carbonyl (C=O) groups excluding carboxylic acids is 2. The predicted molar refractivity (Wildman–Crippen MR) is 130 cm³/mol. The van der Waals surface area contributed by atoms with Crippen LogP contribution >= 0.6 is 39.5 Å². The highest BCUT2D eigenvalue weighted by molar-refractivity contribution is 9.10. The van der Waals surface area contributed by atoms with Crippen LogP contribution in [0.15, 0.2) is 22.7 Å². The Balaban J connectivity index is 2.16. The fraction of sp³-hybridized carbons (Fsp3) is 0.381. The second kappa shape index (κ2) is 10.9. The molecule has 0 atom stereocenters. The van der Waals surface area contributed by atoms with E-state index >= 15 is 0 Å². The van der Waals surface area contributed by atoms with E-state index in [-0.39, 0.29) is 5.11 Å². The van der Waals surface area contributed by atoms with E-state index in [4.69, 9.17) is 22.7 Å². The van der Waals surface area contributed by atoms with Crippen LogP contribution in [-0.4, -0.2) is 23.5 Å². The highest BCUT2D eigenvalue weighted by Crippen LogP contribution is 2.33. The van der Waals surface area contributed by atoms with Crippen molar-refractivity contribution < 1.29 is 14.3 Å². The highest BCUT2D eigenvalue weighted by Gasteiger charge is 2.21. The molecule has 0 spiro atoms. The normalized spacial score (nSPS) is 10.7. The van der Waals surface area contributed by atoms with Crippen molar-refractivity contribution in [3.05, 3.63) is 44.2 Å². The van der Waals surface area contributed by atoms with E-state index in [1.165, 1.54) is 11.3 Å². The second-order valence-electron chi connectivity index (χ2n) is 7.14. The zero-order chi connectivity index (χ0) is 22.4. The van der Waals surface area contributed by atoms with E-state index < -0.39 is 11.8 Å². The Kier molecular flexibility index (Phi) is 8.81. The monoisotopic (exact) mass is 511 g/mol. The Morgan fingerprint density at radius 2 is 2.03 bits per heavy atom. The zero-order valence-electron chi connectivity index (χ0n) is 17.4. The van der Waals surface area contributed by atoms with Crippen molar-refractivity contribution in [1.29, 1.82) is 0 Å². The number of amides is 2. The van der Waals surface area contributed by atoms with Gasteiger partial charge in [0.15, 0.2) is 5.11 Å². The standard InChI is InChI=1S/C21H26BrN3O3S2/c1-5-14-12(4)30-20(17(14)18(23)26)25-21(29)24-19(27)15-10-13(22)6-7-16(15)28-9-8-11(2)3/h6-7,10-11H,5,8-9H2,1-4H3,(H2,23,26)(H2,24,25,27,29). The summed E-state index contributed by atoms with van der Waals surface area (Å²) in [5, 5.41) is 6.22. The van der Waals surface area contributed by atoms with Crippen LogP contribution in [0.1, 0.15) is 58.3 Å². The van der Waals surface area contributed by atoms with Crippen molar-refractivity contribution in [3.8, 4) is 5.75 Å². The number of benzene rings is 1. The molecule has 0 bridgehead atoms. The van der Waals surface area contributed by atoms with Crippen LogP contribution in [-0.2, 0) is 6.42 Å². The molecule has 1 aromatic heterocycles. The Morgan fingerprint density at radius 1 is 1.33 bits per heavy atom. The number of halogens is 1. The molecule has 0 saturated carbocycles. The van der Waals surface area contributed by atoms with Crippen LogP contribution in [0, 0.1) is 12.8 Å². The molecule has 2 amide bonds. The first-order valence-corrected chi connectivity index (χ1v) is 11.6. The van der Waals surface area contributed by atoms with Gasteiger partial charge in [-0.25, -0.2) is 0 Å². The molecular formula is C21H26BrN3O3S2. The molecule has 30 heavy (non-hydrogen) atoms. The van der Waals surface area contributed by atoms with Gasteiger partial charge in [0.2, 0.25) is 0 Å². The summed E-state index contributed by atoms with van der Waals surface area (Å²) in [5.74, 6) is 0.0482. The van der Waals surface area contributed by atoms with Crippen molar-refractivity contribution in [2.75, 3.05) is 11.9 Å². The molecule has 0 saturated heterocycles. The summed E-state index contributed by atoms with van der Waals surface area (Å²) in [6.45, 7) is 8.61. The third-order valence-electron chi connectivity index (χ3n) is 4.40. The lowest BCUT2D eigenvalue weighted by Crippen LogP contribution is -2.34. The quantitative estimate of drug-likeness (QED) is 0.432. The van der Waals surface area contributed by atoms with Gasteiger partial charge in [-0.2, -0.15) is 0 Å². The van der Waals surface area contributed by atoms with Gasteiger partial charge in [-0.3, -0.25) is 14.9 Å². The number of ether oxygens (including phenoxy) is 1. The van der Waals surface area contributed by atoms with Crippen molar-refractivity contribution >= 4 is 61.4 Å². The van der Waals surface area contributed by atoms with Crippen LogP contribution in [0.5, 0.6) is 5.75 Å². The van der Waals surface area contributed by atoms with Gasteiger partial charge in [-0.1, -0.05) is 36.7 Å². The fourth-order valence-corrected chi connectivity index (χ4v) is 4.64. The number of primary amides is 1. The van der Waals surface area contributed by atoms with Crippen LogP contribution in [0.2, 0.25) is 0 Å². The summed E-state index contributed by atoms with van der Waals surface area (Å²) in [5.41, 5.74) is 7.22. The predicted octanol–water partition coefficient (Wildman–Crippen LogP) is 5.03. The lowest BCUT2D eigenvalue weighted by atomic mass is 10.1. The molecule has 1 aromatic carbocycles. The van der Waals surface area contributed by atoms with Gasteiger partial charge in [0.1, 0.15) is 10.8 Å². The maximum absolute atomic E-state index is 12.8. The number of carbonyl (C=O) groups is 2. The molecule has 1 heterocycles. The molecule has 2 rings (SSSR count). The molecule has 162 valence electrons. The minimum Gasteiger partial charge on any atom is -0.493 e. The lowest BCUT2D eigenvalue weighted by molar-refractivity contribution is 0.0971. The van der Waals surface area contributed by atoms with Crippen LogP contribution in [0.25, 0.3) is 0 Å². The maximum Gasteiger partial charge on any atom is 0.261 e. The molecule has 0 aliphatic heterocycles. The highest BCUT2D eigenvalue weighted by atomic mass is 79.9. The summed E-state index contributed by atoms with van der Waals surface area (Å²) in [6.07, 6.45) is 1.56. The number of anilines is 1. The average molecular weight is 512 g/mol. The molecule has 9 heteroatoms. The van der Waals surface area contributed by atoms with Crippen LogP contribution < -0.4 is 21.1 Å². The first-order chi connectivity index (χ1) is 14.1. The smallest absolute Gasteiger partial charge is 0.261 e. The number of nitrogens with one attached hydrogen (secondary N) is 2. The number of hydrogen-bond acceptors (Lipinski definition) is 5. The third kappa shape index (κ3) is 6.26. The molecule has 2 aromatic rings. The molecule has 0 aliphatic rings. The average Bonchev–Trinajstić information content (AvgIpc) is 2.97. The van der Waals surface area contributed by atoms with Gasteiger partial charge in [0.25, 0.3) is 11.8 Å². The van der Waals surface area contributed by atoms with Crippen LogP contribution in [0.3, 0.4) is 0 Å². The number of nitrogens with two attached hydrogens (primary N) is 1. The number of thiophene rings is 1. The van der Waals surface area contributed by atoms with E-state index in [0.29, 0.717) is 40.8 Å². The second-order valence-corrected chi connectivity index (χ2v) is 9.69. The first-order valence-electron chi connectivity index (χ1n) is 9.60. The molecule has 0 unspecified atom stereocenters. The largest absolute Gasteiger partial charge is 0.493 e. The van der Waals surface area contributed by atoms with E-state index in [2.05, 4.69) is 40.4 Å². The minimum atomic E-state index is -0.527. The fourth-order valence-electron chi connectivity index (χ4n) is 2.87. The number of rotatable bonds is 8. The summed E-state index contributed by atoms with van der Waals surface area (Å²) >= 11 is 10.1. The summed E-state index contributed by atoms with van der Waals surface area (Å²) < 4.78 is 6.55. The zero-order valence-corrected chi connectivity index (χ0v) is 20.6. The third-order valence-corrected chi connectivity index (χ3v) is 6.16. The molecule has 6 nitrogen and oxygen atoms in total. The van der Waals surface area contributed by atoms with Crippen molar-refractivity contribution in [2.45, 2.75) is 40.5 Å². The van der Waals surface area contributed by atoms with Gasteiger partial charge >= 0.3 is 0 Å². The van der Waals surface area contributed by atoms with E-state index in [0.717, 1.165) is 21.3 Å². The Morgan fingerprint density at radius 3 is 2.63 bits per heavy atom. The van der Waals surface area contributed by atoms with E-state index in [1.54, 1.807) is 12.1 Å². The van der Waals surface area contributed by atoms with E-state index in [9.17, 15) is 9.59 Å². The number of hydrogen-bond donors (Lipinski definition) is 3. The van der Waals surface area contributed by atoms with Crippen LogP contribution in [0.4, 0.5) is 5.00 Å². The Hall–Kier alpha value is -1.97. The SMILES string of the molecule is CCc1c(C)sc(NC(=S)NC(=O)c2cc(Br)ccc2OCCC(C)C)c1C(N)=O. The summed E-state index contributed by atoms with van der Waals surface area (Å²) in [4.78, 5) is 25.7. The van der Waals surface area contributed by atoms with Crippen molar-refractivity contribution in [2.24, 2.45) is 11.7 Å². The van der Waals surface area contributed by atoms with E-state index in [1.807, 2.05) is 19.9 Å². The molecular weight excluding hydrogens is 486 g/mol. The van der Waals surface area contributed by atoms with Gasteiger partial charge in [-0.15, -0.1) is 11.3 Å². The van der Waals surface area contributed by atoms with Gasteiger partial charge < -0.3 is 15.8 Å².